The summed E-state index contributed by atoms with van der Waals surface area (Å²) < 4.78 is 29.5. The maximum Gasteiger partial charge on any atom is 0.235 e. The number of hydrogen-bond acceptors (Lipinski definition) is 4. The molecule has 0 saturated carbocycles. The molecule has 0 aromatic carbocycles. The van der Waals surface area contributed by atoms with Gasteiger partial charge in [-0.1, -0.05) is 11.6 Å². The number of hydrogen-bond donors (Lipinski definition) is 1. The molecule has 0 saturated heterocycles. The molecule has 22 heavy (non-hydrogen) atoms. The van der Waals surface area contributed by atoms with Gasteiger partial charge in [0.25, 0.3) is 0 Å². The summed E-state index contributed by atoms with van der Waals surface area (Å²) in [6.45, 7) is 1.22. The van der Waals surface area contributed by atoms with Crippen LogP contribution in [0.5, 0.6) is 0 Å². The Morgan fingerprint density at radius 1 is 1.41 bits per heavy atom. The van der Waals surface area contributed by atoms with Crippen LogP contribution in [-0.2, 0) is 19.6 Å². The summed E-state index contributed by atoms with van der Waals surface area (Å²) in [6.07, 6.45) is 9.52. The van der Waals surface area contributed by atoms with Crippen LogP contribution in [0.3, 0.4) is 0 Å². The summed E-state index contributed by atoms with van der Waals surface area (Å²) in [5.74, 6) is -0.251. The first kappa shape index (κ1) is 19.1. The van der Waals surface area contributed by atoms with Gasteiger partial charge in [0.2, 0.25) is 15.9 Å². The van der Waals surface area contributed by atoms with Crippen molar-refractivity contribution in [2.45, 2.75) is 38.5 Å². The molecule has 1 N–H and O–H groups in total. The first-order chi connectivity index (χ1) is 10.4. The highest BCUT2D eigenvalue weighted by atomic mass is 32.2. The monoisotopic (exact) mass is 332 g/mol. The summed E-state index contributed by atoms with van der Waals surface area (Å²) in [7, 11) is -1.81. The maximum absolute atomic E-state index is 11.9. The van der Waals surface area contributed by atoms with Gasteiger partial charge in [-0.3, -0.25) is 4.79 Å². The Kier molecular flexibility index (Phi) is 8.67. The molecule has 128 valence electrons. The van der Waals surface area contributed by atoms with E-state index in [0.29, 0.717) is 26.1 Å². The standard InChI is InChI=1S/C15H28N2O4S/c1-21-12-6-11-17(22(2,19)20)13-15(18)16-10-9-14-7-4-3-5-8-14/h7H,3-6,8-13H2,1-2H3,(H,16,18). The van der Waals surface area contributed by atoms with Crippen molar-refractivity contribution in [2.75, 3.05) is 39.6 Å². The van der Waals surface area contributed by atoms with Crippen molar-refractivity contribution in [1.82, 2.24) is 9.62 Å². The van der Waals surface area contributed by atoms with Crippen LogP contribution < -0.4 is 5.32 Å². The molecule has 1 amide bonds. The molecule has 0 atom stereocenters. The second kappa shape index (κ2) is 9.97. The van der Waals surface area contributed by atoms with Gasteiger partial charge in [-0.2, -0.15) is 4.31 Å². The van der Waals surface area contributed by atoms with Crippen molar-refractivity contribution >= 4 is 15.9 Å². The normalized spacial score (nSPS) is 15.7. The third kappa shape index (κ3) is 7.91. The van der Waals surface area contributed by atoms with Crippen LogP contribution in [-0.4, -0.2) is 58.2 Å². The largest absolute Gasteiger partial charge is 0.385 e. The molecule has 0 aromatic rings. The van der Waals surface area contributed by atoms with Crippen molar-refractivity contribution < 1.29 is 17.9 Å². The van der Waals surface area contributed by atoms with Crippen molar-refractivity contribution in [1.29, 1.82) is 0 Å². The third-order valence-electron chi connectivity index (χ3n) is 3.70. The predicted molar refractivity (Wildman–Crippen MR) is 87.1 cm³/mol. The molecule has 0 radical (unpaired) electrons. The number of sulfonamides is 1. The number of nitrogens with zero attached hydrogens (tertiary/aromatic N) is 1. The van der Waals surface area contributed by atoms with Crippen LogP contribution in [0.1, 0.15) is 38.5 Å². The Bertz CT molecular complexity index is 474. The topological polar surface area (TPSA) is 75.7 Å². The lowest BCUT2D eigenvalue weighted by atomic mass is 9.97. The van der Waals surface area contributed by atoms with E-state index in [1.165, 1.54) is 22.7 Å². The van der Waals surface area contributed by atoms with Crippen molar-refractivity contribution in [3.63, 3.8) is 0 Å². The van der Waals surface area contributed by atoms with E-state index in [2.05, 4.69) is 11.4 Å². The van der Waals surface area contributed by atoms with E-state index < -0.39 is 10.0 Å². The number of amides is 1. The molecule has 1 rings (SSSR count). The highest BCUT2D eigenvalue weighted by Crippen LogP contribution is 2.19. The van der Waals surface area contributed by atoms with Gasteiger partial charge in [0.15, 0.2) is 0 Å². The van der Waals surface area contributed by atoms with Gasteiger partial charge in [-0.15, -0.1) is 0 Å². The molecule has 0 aromatic heterocycles. The minimum absolute atomic E-state index is 0.123. The SMILES string of the molecule is COCCCN(CC(=O)NCCC1=CCCCC1)S(C)(=O)=O. The Labute approximate surface area is 133 Å². The van der Waals surface area contributed by atoms with E-state index in [-0.39, 0.29) is 12.5 Å². The van der Waals surface area contributed by atoms with Gasteiger partial charge < -0.3 is 10.1 Å². The van der Waals surface area contributed by atoms with Gasteiger partial charge >= 0.3 is 0 Å². The van der Waals surface area contributed by atoms with Gasteiger partial charge in [-0.25, -0.2) is 8.42 Å². The lowest BCUT2D eigenvalue weighted by molar-refractivity contribution is -0.121. The summed E-state index contributed by atoms with van der Waals surface area (Å²) in [5, 5.41) is 2.81. The number of carbonyl (C=O) groups excluding carboxylic acids is 1. The highest BCUT2D eigenvalue weighted by molar-refractivity contribution is 7.88. The van der Waals surface area contributed by atoms with Crippen LogP contribution in [0.15, 0.2) is 11.6 Å². The highest BCUT2D eigenvalue weighted by Gasteiger charge is 2.19. The van der Waals surface area contributed by atoms with E-state index in [1.807, 2.05) is 0 Å². The van der Waals surface area contributed by atoms with Gasteiger partial charge in [0, 0.05) is 26.8 Å². The fraction of sp³-hybridized carbons (Fsp3) is 0.800. The summed E-state index contributed by atoms with van der Waals surface area (Å²) in [5.41, 5.74) is 1.40. The second-order valence-corrected chi connectivity index (χ2v) is 7.63. The molecule has 1 aliphatic carbocycles. The number of carbonyl (C=O) groups is 1. The van der Waals surface area contributed by atoms with Crippen molar-refractivity contribution in [3.8, 4) is 0 Å². The number of allylic oxidation sites excluding steroid dienone is 1. The quantitative estimate of drug-likeness (QED) is 0.483. The average molecular weight is 332 g/mol. The molecule has 0 bridgehead atoms. The van der Waals surface area contributed by atoms with Crippen LogP contribution in [0, 0.1) is 0 Å². The van der Waals surface area contributed by atoms with Crippen LogP contribution in [0.2, 0.25) is 0 Å². The Morgan fingerprint density at radius 3 is 2.77 bits per heavy atom. The molecule has 0 heterocycles. The first-order valence-electron chi connectivity index (χ1n) is 7.82. The number of methoxy groups -OCH3 is 1. The van der Waals surface area contributed by atoms with Crippen molar-refractivity contribution in [2.24, 2.45) is 0 Å². The van der Waals surface area contributed by atoms with Crippen LogP contribution >= 0.6 is 0 Å². The molecule has 0 aliphatic heterocycles. The molecule has 0 unspecified atom stereocenters. The van der Waals surface area contributed by atoms with Crippen LogP contribution in [0.25, 0.3) is 0 Å². The third-order valence-corrected chi connectivity index (χ3v) is 4.95. The molecular formula is C15H28N2O4S. The van der Waals surface area contributed by atoms with Crippen LogP contribution in [0.4, 0.5) is 0 Å². The van der Waals surface area contributed by atoms with E-state index in [9.17, 15) is 13.2 Å². The van der Waals surface area contributed by atoms with Gasteiger partial charge in [-0.05, 0) is 38.5 Å². The lowest BCUT2D eigenvalue weighted by Crippen LogP contribution is -2.41. The van der Waals surface area contributed by atoms with E-state index >= 15 is 0 Å². The predicted octanol–water partition coefficient (Wildman–Crippen LogP) is 1.29. The molecule has 6 nitrogen and oxygen atoms in total. The average Bonchev–Trinajstić information content (AvgIpc) is 2.46. The van der Waals surface area contributed by atoms with E-state index in [0.717, 1.165) is 25.5 Å². The van der Waals surface area contributed by atoms with E-state index in [1.54, 1.807) is 7.11 Å². The van der Waals surface area contributed by atoms with Crippen molar-refractivity contribution in [3.05, 3.63) is 11.6 Å². The Morgan fingerprint density at radius 2 is 2.18 bits per heavy atom. The maximum atomic E-state index is 11.9. The first-order valence-corrected chi connectivity index (χ1v) is 9.67. The molecule has 0 spiro atoms. The minimum Gasteiger partial charge on any atom is -0.385 e. The summed E-state index contributed by atoms with van der Waals surface area (Å²) in [4.78, 5) is 11.9. The Balaban J connectivity index is 2.34. The van der Waals surface area contributed by atoms with E-state index in [4.69, 9.17) is 4.74 Å². The zero-order valence-electron chi connectivity index (χ0n) is 13.6. The number of nitrogens with one attached hydrogen (secondary N) is 1. The lowest BCUT2D eigenvalue weighted by Gasteiger charge is -2.19. The molecule has 1 aliphatic rings. The Hall–Kier alpha value is -0.920. The zero-order valence-corrected chi connectivity index (χ0v) is 14.5. The molecule has 7 heteroatoms. The minimum atomic E-state index is -3.38. The number of ether oxygens (including phenoxy) is 1. The second-order valence-electron chi connectivity index (χ2n) is 5.65. The molecule has 0 fully saturated rings. The van der Waals surface area contributed by atoms with Gasteiger partial charge in [0.05, 0.1) is 12.8 Å². The fourth-order valence-electron chi connectivity index (χ4n) is 2.46. The smallest absolute Gasteiger partial charge is 0.235 e. The zero-order chi connectivity index (χ0) is 16.4. The van der Waals surface area contributed by atoms with Gasteiger partial charge in [0.1, 0.15) is 0 Å². The summed E-state index contributed by atoms with van der Waals surface area (Å²) in [6, 6.07) is 0. The fourth-order valence-corrected chi connectivity index (χ4v) is 3.27. The number of rotatable bonds is 10. The molecular weight excluding hydrogens is 304 g/mol. The summed E-state index contributed by atoms with van der Waals surface area (Å²) >= 11 is 0.